The predicted octanol–water partition coefficient (Wildman–Crippen LogP) is 3.04. The standard InChI is InChI=1S/C15H21F3N2O2/c1-10(2)13(19-14(22)20(3)8-9-21)11-4-6-12(7-5-11)15(16,17)18/h4-7,10,13,21H,8-9H2,1-3H3,(H,19,22). The maximum Gasteiger partial charge on any atom is 0.416 e. The molecule has 0 aromatic heterocycles. The van der Waals surface area contributed by atoms with Crippen LogP contribution in [0.5, 0.6) is 0 Å². The van der Waals surface area contributed by atoms with Gasteiger partial charge in [0.25, 0.3) is 0 Å². The van der Waals surface area contributed by atoms with E-state index in [2.05, 4.69) is 5.32 Å². The normalized spacial score (nSPS) is 13.1. The summed E-state index contributed by atoms with van der Waals surface area (Å²) in [6, 6.07) is 3.98. The summed E-state index contributed by atoms with van der Waals surface area (Å²) < 4.78 is 37.7. The van der Waals surface area contributed by atoms with E-state index < -0.39 is 17.8 Å². The molecule has 0 saturated heterocycles. The second kappa shape index (κ2) is 7.49. The number of rotatable bonds is 5. The monoisotopic (exact) mass is 318 g/mol. The Morgan fingerprint density at radius 3 is 2.23 bits per heavy atom. The Labute approximate surface area is 127 Å². The third kappa shape index (κ3) is 4.91. The van der Waals surface area contributed by atoms with E-state index in [1.807, 2.05) is 13.8 Å². The third-order valence-electron chi connectivity index (χ3n) is 3.32. The Kier molecular flexibility index (Phi) is 6.22. The molecule has 0 saturated carbocycles. The van der Waals surface area contributed by atoms with Crippen molar-refractivity contribution in [1.82, 2.24) is 10.2 Å². The van der Waals surface area contributed by atoms with Crippen LogP contribution >= 0.6 is 0 Å². The number of carbonyl (C=O) groups is 1. The molecule has 0 heterocycles. The molecule has 124 valence electrons. The second-order valence-electron chi connectivity index (χ2n) is 5.44. The number of benzene rings is 1. The molecule has 2 amide bonds. The van der Waals surface area contributed by atoms with Gasteiger partial charge in [-0.05, 0) is 23.6 Å². The lowest BCUT2D eigenvalue weighted by molar-refractivity contribution is -0.137. The van der Waals surface area contributed by atoms with E-state index in [0.717, 1.165) is 12.1 Å². The molecule has 1 aromatic carbocycles. The van der Waals surface area contributed by atoms with Crippen LogP contribution in [0, 0.1) is 5.92 Å². The summed E-state index contributed by atoms with van der Waals surface area (Å²) in [6.07, 6.45) is -4.38. The molecule has 0 bridgehead atoms. The number of alkyl halides is 3. The van der Waals surface area contributed by atoms with Gasteiger partial charge in [0.1, 0.15) is 0 Å². The highest BCUT2D eigenvalue weighted by Crippen LogP contribution is 2.31. The van der Waals surface area contributed by atoms with Crippen molar-refractivity contribution in [3.63, 3.8) is 0 Å². The van der Waals surface area contributed by atoms with E-state index in [-0.39, 0.29) is 25.1 Å². The molecule has 0 aliphatic rings. The van der Waals surface area contributed by atoms with Crippen molar-refractivity contribution in [2.45, 2.75) is 26.1 Å². The predicted molar refractivity (Wildman–Crippen MR) is 77.3 cm³/mol. The molecule has 0 aliphatic heterocycles. The highest BCUT2D eigenvalue weighted by atomic mass is 19.4. The Bertz CT molecular complexity index is 487. The van der Waals surface area contributed by atoms with Crippen LogP contribution in [0.3, 0.4) is 0 Å². The SMILES string of the molecule is CC(C)C(NC(=O)N(C)CCO)c1ccc(C(F)(F)F)cc1. The van der Waals surface area contributed by atoms with Crippen LogP contribution < -0.4 is 5.32 Å². The zero-order valence-corrected chi connectivity index (χ0v) is 12.8. The number of nitrogens with one attached hydrogen (secondary N) is 1. The van der Waals surface area contributed by atoms with Crippen LogP contribution in [-0.2, 0) is 6.18 Å². The molecule has 0 spiro atoms. The minimum atomic E-state index is -4.38. The van der Waals surface area contributed by atoms with Gasteiger partial charge in [-0.15, -0.1) is 0 Å². The van der Waals surface area contributed by atoms with Crippen LogP contribution in [0.2, 0.25) is 0 Å². The van der Waals surface area contributed by atoms with Gasteiger partial charge in [0, 0.05) is 13.6 Å². The number of hydrogen-bond donors (Lipinski definition) is 2. The van der Waals surface area contributed by atoms with Gasteiger partial charge in [-0.3, -0.25) is 0 Å². The van der Waals surface area contributed by atoms with Crippen molar-refractivity contribution in [2.75, 3.05) is 20.2 Å². The Hall–Kier alpha value is -1.76. The summed E-state index contributed by atoms with van der Waals surface area (Å²) in [5, 5.41) is 11.6. The summed E-state index contributed by atoms with van der Waals surface area (Å²) in [7, 11) is 1.54. The molecule has 1 unspecified atom stereocenters. The second-order valence-corrected chi connectivity index (χ2v) is 5.44. The molecular weight excluding hydrogens is 297 g/mol. The quantitative estimate of drug-likeness (QED) is 0.877. The first-order chi connectivity index (χ1) is 10.2. The molecule has 1 aromatic rings. The number of nitrogens with zero attached hydrogens (tertiary/aromatic N) is 1. The smallest absolute Gasteiger partial charge is 0.395 e. The van der Waals surface area contributed by atoms with E-state index in [1.165, 1.54) is 24.1 Å². The maximum absolute atomic E-state index is 12.6. The van der Waals surface area contributed by atoms with Crippen molar-refractivity contribution in [1.29, 1.82) is 0 Å². The van der Waals surface area contributed by atoms with Gasteiger partial charge in [0.05, 0.1) is 18.2 Å². The Morgan fingerprint density at radius 2 is 1.82 bits per heavy atom. The number of aliphatic hydroxyl groups excluding tert-OH is 1. The molecular formula is C15H21F3N2O2. The van der Waals surface area contributed by atoms with Gasteiger partial charge in [-0.25, -0.2) is 4.79 Å². The highest BCUT2D eigenvalue weighted by molar-refractivity contribution is 5.74. The van der Waals surface area contributed by atoms with E-state index in [1.54, 1.807) is 0 Å². The average Bonchev–Trinajstić information content (AvgIpc) is 2.43. The first kappa shape index (κ1) is 18.3. The minimum Gasteiger partial charge on any atom is -0.395 e. The number of urea groups is 1. The molecule has 2 N–H and O–H groups in total. The number of hydrogen-bond acceptors (Lipinski definition) is 2. The van der Waals surface area contributed by atoms with Gasteiger partial charge >= 0.3 is 12.2 Å². The van der Waals surface area contributed by atoms with Crippen molar-refractivity contribution in [3.05, 3.63) is 35.4 Å². The van der Waals surface area contributed by atoms with Crippen molar-refractivity contribution < 1.29 is 23.1 Å². The molecule has 1 atom stereocenters. The number of carbonyl (C=O) groups excluding carboxylic acids is 1. The lowest BCUT2D eigenvalue weighted by Gasteiger charge is -2.26. The number of likely N-dealkylation sites (N-methyl/N-ethyl adjacent to an activating group) is 1. The molecule has 0 radical (unpaired) electrons. The molecule has 0 aliphatic carbocycles. The fourth-order valence-electron chi connectivity index (χ4n) is 2.01. The molecule has 4 nitrogen and oxygen atoms in total. The first-order valence-electron chi connectivity index (χ1n) is 6.96. The fraction of sp³-hybridized carbons (Fsp3) is 0.533. The van der Waals surface area contributed by atoms with E-state index >= 15 is 0 Å². The van der Waals surface area contributed by atoms with E-state index in [0.29, 0.717) is 5.56 Å². The number of halogens is 3. The lowest BCUT2D eigenvalue weighted by Crippen LogP contribution is -2.42. The van der Waals surface area contributed by atoms with Gasteiger partial charge in [-0.2, -0.15) is 13.2 Å². The minimum absolute atomic E-state index is 0.00298. The molecule has 0 fully saturated rings. The zero-order chi connectivity index (χ0) is 16.9. The summed E-state index contributed by atoms with van der Waals surface area (Å²) in [6.45, 7) is 3.77. The number of aliphatic hydroxyl groups is 1. The van der Waals surface area contributed by atoms with Gasteiger partial charge in [0.2, 0.25) is 0 Å². The molecule has 1 rings (SSSR count). The Balaban J connectivity index is 2.90. The lowest BCUT2D eigenvalue weighted by atomic mass is 9.95. The highest BCUT2D eigenvalue weighted by Gasteiger charge is 2.30. The first-order valence-corrected chi connectivity index (χ1v) is 6.96. The average molecular weight is 318 g/mol. The van der Waals surface area contributed by atoms with Crippen LogP contribution in [0.4, 0.5) is 18.0 Å². The van der Waals surface area contributed by atoms with Crippen LogP contribution in [0.1, 0.15) is 31.0 Å². The van der Waals surface area contributed by atoms with Crippen LogP contribution in [-0.4, -0.2) is 36.2 Å². The molecule has 7 heteroatoms. The van der Waals surface area contributed by atoms with Crippen molar-refractivity contribution in [3.8, 4) is 0 Å². The zero-order valence-electron chi connectivity index (χ0n) is 12.8. The molecule has 22 heavy (non-hydrogen) atoms. The van der Waals surface area contributed by atoms with Gasteiger partial charge < -0.3 is 15.3 Å². The summed E-state index contributed by atoms with van der Waals surface area (Å²) in [5.41, 5.74) is -0.115. The number of amides is 2. The van der Waals surface area contributed by atoms with E-state index in [4.69, 9.17) is 5.11 Å². The maximum atomic E-state index is 12.6. The van der Waals surface area contributed by atoms with Crippen LogP contribution in [0.25, 0.3) is 0 Å². The fourth-order valence-corrected chi connectivity index (χ4v) is 2.01. The summed E-state index contributed by atoms with van der Waals surface area (Å²) in [5.74, 6) is 0.00298. The van der Waals surface area contributed by atoms with E-state index in [9.17, 15) is 18.0 Å². The Morgan fingerprint density at radius 1 is 1.27 bits per heavy atom. The van der Waals surface area contributed by atoms with Crippen molar-refractivity contribution in [2.24, 2.45) is 5.92 Å². The summed E-state index contributed by atoms with van der Waals surface area (Å²) in [4.78, 5) is 13.3. The topological polar surface area (TPSA) is 52.6 Å². The third-order valence-corrected chi connectivity index (χ3v) is 3.32. The largest absolute Gasteiger partial charge is 0.416 e. The van der Waals surface area contributed by atoms with Crippen LogP contribution in [0.15, 0.2) is 24.3 Å². The van der Waals surface area contributed by atoms with Crippen molar-refractivity contribution >= 4 is 6.03 Å². The van der Waals surface area contributed by atoms with Gasteiger partial charge in [-0.1, -0.05) is 26.0 Å². The summed E-state index contributed by atoms with van der Waals surface area (Å²) >= 11 is 0. The van der Waals surface area contributed by atoms with Gasteiger partial charge in [0.15, 0.2) is 0 Å².